The Kier molecular flexibility index (Phi) is 6.54. The van der Waals surface area contributed by atoms with Gasteiger partial charge in [0.05, 0.1) is 5.75 Å². The Balaban J connectivity index is 1.65. The summed E-state index contributed by atoms with van der Waals surface area (Å²) in [5.74, 6) is 0.699. The van der Waals surface area contributed by atoms with Crippen LogP contribution >= 0.6 is 34.4 Å². The van der Waals surface area contributed by atoms with Gasteiger partial charge in [-0.3, -0.25) is 9.36 Å². The van der Waals surface area contributed by atoms with Gasteiger partial charge in [0.1, 0.15) is 6.33 Å². The zero-order chi connectivity index (χ0) is 19.4. The fraction of sp³-hybridized carbons (Fsp3) is 0.250. The van der Waals surface area contributed by atoms with Crippen molar-refractivity contribution in [2.45, 2.75) is 31.8 Å². The second-order valence-electron chi connectivity index (χ2n) is 6.53. The van der Waals surface area contributed by atoms with Crippen LogP contribution in [-0.4, -0.2) is 26.4 Å². The highest BCUT2D eigenvalue weighted by atomic mass is 127. The third-order valence-electron chi connectivity index (χ3n) is 4.15. The van der Waals surface area contributed by atoms with Crippen LogP contribution in [0.4, 0.5) is 5.69 Å². The van der Waals surface area contributed by atoms with Gasteiger partial charge in [0.2, 0.25) is 5.91 Å². The molecule has 0 aliphatic rings. The molecule has 1 N–H and O–H groups in total. The van der Waals surface area contributed by atoms with Crippen LogP contribution in [0, 0.1) is 10.5 Å². The van der Waals surface area contributed by atoms with Crippen molar-refractivity contribution < 1.29 is 4.79 Å². The number of carbonyl (C=O) groups is 1. The number of aromatic nitrogens is 3. The van der Waals surface area contributed by atoms with Gasteiger partial charge >= 0.3 is 0 Å². The lowest BCUT2D eigenvalue weighted by Crippen LogP contribution is -2.15. The summed E-state index contributed by atoms with van der Waals surface area (Å²) in [5.41, 5.74) is 4.16. The van der Waals surface area contributed by atoms with Crippen LogP contribution in [0.2, 0.25) is 0 Å². The molecule has 3 rings (SSSR count). The van der Waals surface area contributed by atoms with Crippen molar-refractivity contribution in [3.05, 3.63) is 63.5 Å². The van der Waals surface area contributed by atoms with Crippen LogP contribution in [0.3, 0.4) is 0 Å². The van der Waals surface area contributed by atoms with Gasteiger partial charge in [-0.15, -0.1) is 10.2 Å². The molecule has 5 nitrogen and oxygen atoms in total. The topological polar surface area (TPSA) is 59.8 Å². The molecule has 0 unspecified atom stereocenters. The number of carbonyl (C=O) groups excluding carboxylic acids is 1. The minimum Gasteiger partial charge on any atom is -0.325 e. The number of rotatable bonds is 6. The fourth-order valence-electron chi connectivity index (χ4n) is 2.60. The maximum atomic E-state index is 12.3. The van der Waals surface area contributed by atoms with E-state index in [4.69, 9.17) is 0 Å². The predicted molar refractivity (Wildman–Crippen MR) is 119 cm³/mol. The van der Waals surface area contributed by atoms with E-state index in [0.717, 1.165) is 20.5 Å². The monoisotopic (exact) mass is 492 g/mol. The lowest BCUT2D eigenvalue weighted by atomic mass is 10.0. The number of aryl methyl sites for hydroxylation is 1. The Hall–Kier alpha value is -1.87. The van der Waals surface area contributed by atoms with Gasteiger partial charge in [0.15, 0.2) is 5.16 Å². The van der Waals surface area contributed by atoms with E-state index in [9.17, 15) is 4.79 Å². The molecule has 0 aliphatic carbocycles. The molecule has 0 bridgehead atoms. The summed E-state index contributed by atoms with van der Waals surface area (Å²) in [6.07, 6.45) is 1.67. The van der Waals surface area contributed by atoms with Crippen LogP contribution in [0.25, 0.3) is 5.69 Å². The SMILES string of the molecule is Cc1cc(I)ccc1NC(=O)CSc1nncn1-c1ccc(C(C)C)cc1. The van der Waals surface area contributed by atoms with Crippen molar-refractivity contribution in [2.75, 3.05) is 11.1 Å². The van der Waals surface area contributed by atoms with Crippen molar-refractivity contribution in [1.29, 1.82) is 0 Å². The van der Waals surface area contributed by atoms with Crippen LogP contribution in [0.5, 0.6) is 0 Å². The Morgan fingerprint density at radius 1 is 1.22 bits per heavy atom. The third kappa shape index (κ3) is 5.10. The predicted octanol–water partition coefficient (Wildman–Crippen LogP) is 5.03. The van der Waals surface area contributed by atoms with Crippen molar-refractivity contribution in [2.24, 2.45) is 0 Å². The summed E-state index contributed by atoms with van der Waals surface area (Å²) < 4.78 is 3.05. The summed E-state index contributed by atoms with van der Waals surface area (Å²) in [6.45, 7) is 6.33. The summed E-state index contributed by atoms with van der Waals surface area (Å²) in [5, 5.41) is 11.8. The molecule has 7 heteroatoms. The molecule has 0 fully saturated rings. The Bertz CT molecular complexity index is 937. The van der Waals surface area contributed by atoms with E-state index in [1.165, 1.54) is 17.3 Å². The average Bonchev–Trinajstić information content (AvgIpc) is 3.11. The zero-order valence-electron chi connectivity index (χ0n) is 15.4. The quantitative estimate of drug-likeness (QED) is 0.387. The first-order valence-electron chi connectivity index (χ1n) is 8.63. The first-order chi connectivity index (χ1) is 12.9. The van der Waals surface area contributed by atoms with E-state index in [0.29, 0.717) is 11.1 Å². The molecule has 140 valence electrons. The summed E-state index contributed by atoms with van der Waals surface area (Å²) in [6, 6.07) is 14.3. The smallest absolute Gasteiger partial charge is 0.234 e. The molecule has 0 radical (unpaired) electrons. The van der Waals surface area contributed by atoms with Crippen LogP contribution < -0.4 is 5.32 Å². The highest BCUT2D eigenvalue weighted by molar-refractivity contribution is 14.1. The molecule has 1 aromatic heterocycles. The van der Waals surface area contributed by atoms with Gasteiger partial charge in [-0.05, 0) is 76.9 Å². The summed E-state index contributed by atoms with van der Waals surface area (Å²) in [7, 11) is 0. The fourth-order valence-corrected chi connectivity index (χ4v) is 3.98. The Labute approximate surface area is 177 Å². The molecule has 0 aliphatic heterocycles. The lowest BCUT2D eigenvalue weighted by molar-refractivity contribution is -0.113. The van der Waals surface area contributed by atoms with E-state index < -0.39 is 0 Å². The van der Waals surface area contributed by atoms with Gasteiger partial charge in [-0.2, -0.15) is 0 Å². The number of anilines is 1. The second kappa shape index (κ2) is 8.88. The molecule has 1 heterocycles. The third-order valence-corrected chi connectivity index (χ3v) is 5.76. The van der Waals surface area contributed by atoms with Gasteiger partial charge in [0.25, 0.3) is 0 Å². The number of nitrogens with one attached hydrogen (secondary N) is 1. The molecule has 1 amide bonds. The molecule has 0 atom stereocenters. The Morgan fingerprint density at radius 2 is 1.96 bits per heavy atom. The van der Waals surface area contributed by atoms with Gasteiger partial charge in [-0.1, -0.05) is 37.7 Å². The van der Waals surface area contributed by atoms with Crippen molar-refractivity contribution in [3.63, 3.8) is 0 Å². The number of thioether (sulfide) groups is 1. The van der Waals surface area contributed by atoms with E-state index in [1.807, 2.05) is 29.7 Å². The summed E-state index contributed by atoms with van der Waals surface area (Å²) in [4.78, 5) is 12.3. The summed E-state index contributed by atoms with van der Waals surface area (Å²) >= 11 is 3.63. The lowest BCUT2D eigenvalue weighted by Gasteiger charge is -2.10. The number of benzene rings is 2. The molecule has 0 saturated heterocycles. The Morgan fingerprint density at radius 3 is 2.63 bits per heavy atom. The molecular weight excluding hydrogens is 471 g/mol. The van der Waals surface area contributed by atoms with Crippen molar-refractivity contribution in [3.8, 4) is 5.69 Å². The van der Waals surface area contributed by atoms with Gasteiger partial charge < -0.3 is 5.32 Å². The maximum absolute atomic E-state index is 12.3. The molecule has 0 saturated carbocycles. The molecule has 0 spiro atoms. The number of hydrogen-bond acceptors (Lipinski definition) is 4. The largest absolute Gasteiger partial charge is 0.325 e. The molecule has 27 heavy (non-hydrogen) atoms. The zero-order valence-corrected chi connectivity index (χ0v) is 18.4. The van der Waals surface area contributed by atoms with E-state index in [1.54, 1.807) is 6.33 Å². The number of nitrogens with zero attached hydrogens (tertiary/aromatic N) is 3. The number of amides is 1. The highest BCUT2D eigenvalue weighted by Crippen LogP contribution is 2.23. The van der Waals surface area contributed by atoms with E-state index in [2.05, 4.69) is 76.2 Å². The number of halogens is 1. The first kappa shape index (κ1) is 19.9. The van der Waals surface area contributed by atoms with Crippen LogP contribution in [-0.2, 0) is 4.79 Å². The van der Waals surface area contributed by atoms with Crippen LogP contribution in [0.1, 0.15) is 30.9 Å². The first-order valence-corrected chi connectivity index (χ1v) is 10.7. The molecule has 2 aromatic carbocycles. The number of hydrogen-bond donors (Lipinski definition) is 1. The minimum absolute atomic E-state index is 0.0611. The minimum atomic E-state index is -0.0611. The standard InChI is InChI=1S/C20H21IN4OS/c1-13(2)15-4-7-17(8-5-15)25-12-22-24-20(25)27-11-19(26)23-18-9-6-16(21)10-14(18)3/h4-10,12-13H,11H2,1-3H3,(H,23,26). The van der Waals surface area contributed by atoms with Crippen molar-refractivity contribution in [1.82, 2.24) is 14.8 Å². The van der Waals surface area contributed by atoms with E-state index in [-0.39, 0.29) is 11.7 Å². The van der Waals surface area contributed by atoms with Crippen molar-refractivity contribution >= 4 is 45.9 Å². The highest BCUT2D eigenvalue weighted by Gasteiger charge is 2.11. The maximum Gasteiger partial charge on any atom is 0.234 e. The molecule has 3 aromatic rings. The average molecular weight is 492 g/mol. The van der Waals surface area contributed by atoms with Crippen LogP contribution in [0.15, 0.2) is 53.9 Å². The van der Waals surface area contributed by atoms with Gasteiger partial charge in [-0.25, -0.2) is 0 Å². The molecular formula is C20H21IN4OS. The van der Waals surface area contributed by atoms with E-state index >= 15 is 0 Å². The normalized spacial score (nSPS) is 11.0. The van der Waals surface area contributed by atoms with Gasteiger partial charge in [0, 0.05) is 14.9 Å². The second-order valence-corrected chi connectivity index (χ2v) is 8.71.